The molecule has 0 aromatic heterocycles. The van der Waals surface area contributed by atoms with Gasteiger partial charge in [-0.3, -0.25) is 14.5 Å². The van der Waals surface area contributed by atoms with Gasteiger partial charge in [-0.15, -0.1) is 0 Å². The number of fused-ring (bicyclic) bond motifs is 2. The van der Waals surface area contributed by atoms with Gasteiger partial charge in [-0.2, -0.15) is 0 Å². The van der Waals surface area contributed by atoms with Crippen LogP contribution in [0.25, 0.3) is 0 Å². The highest BCUT2D eigenvalue weighted by Gasteiger charge is 2.56. The molecule has 4 aromatic carbocycles. The molecule has 4 aliphatic rings. The highest BCUT2D eigenvalue weighted by atomic mass is 19.2. The summed E-state index contributed by atoms with van der Waals surface area (Å²) in [5, 5.41) is 5.51. The van der Waals surface area contributed by atoms with Crippen molar-refractivity contribution in [3.8, 4) is 11.5 Å². The van der Waals surface area contributed by atoms with E-state index in [1.54, 1.807) is 30.6 Å². The van der Waals surface area contributed by atoms with Gasteiger partial charge in [-0.1, -0.05) is 102 Å². The second kappa shape index (κ2) is 24.1. The molecule has 8 rings (SSSR count). The van der Waals surface area contributed by atoms with Crippen molar-refractivity contribution in [1.29, 1.82) is 0 Å². The molecule has 416 valence electrons. The van der Waals surface area contributed by atoms with Gasteiger partial charge in [-0.05, 0) is 98.6 Å². The molecule has 4 aromatic rings. The molecule has 0 unspecified atom stereocenters. The van der Waals surface area contributed by atoms with Gasteiger partial charge in [-0.25, -0.2) is 31.9 Å². The number of nitrogens with one attached hydrogen (secondary N) is 2. The number of likely N-dealkylation sites (tertiary alicyclic amines) is 3. The minimum Gasteiger partial charge on any atom is -0.488 e. The van der Waals surface area contributed by atoms with Gasteiger partial charge < -0.3 is 44.1 Å². The number of amides is 5. The number of carbonyl (C=O) groups is 5. The predicted octanol–water partition coefficient (Wildman–Crippen LogP) is 10.3. The van der Waals surface area contributed by atoms with Crippen LogP contribution in [0, 0.1) is 40.0 Å². The summed E-state index contributed by atoms with van der Waals surface area (Å²) in [5.41, 5.74) is -0.344. The molecule has 0 radical (unpaired) electrons. The Morgan fingerprint density at radius 2 is 1.00 bits per heavy atom. The number of alkyl carbamates (subject to hydrolysis) is 2. The Morgan fingerprint density at radius 3 is 1.45 bits per heavy atom. The third kappa shape index (κ3) is 14.7. The topological polar surface area (TPSA) is 165 Å². The molecule has 1 aliphatic carbocycles. The molecule has 0 spiro atoms. The quantitative estimate of drug-likeness (QED) is 0.103. The van der Waals surface area contributed by atoms with Crippen LogP contribution in [-0.2, 0) is 37.0 Å². The van der Waals surface area contributed by atoms with Crippen molar-refractivity contribution in [3.05, 3.63) is 131 Å². The van der Waals surface area contributed by atoms with Crippen molar-refractivity contribution < 1.29 is 65.2 Å². The number of ether oxygens (including phenoxy) is 5. The molecule has 4 fully saturated rings. The van der Waals surface area contributed by atoms with Gasteiger partial charge in [0.2, 0.25) is 11.8 Å². The number of benzene rings is 4. The van der Waals surface area contributed by atoms with Crippen LogP contribution in [0.4, 0.5) is 31.9 Å². The Labute approximate surface area is 447 Å². The van der Waals surface area contributed by atoms with Crippen molar-refractivity contribution in [2.24, 2.45) is 16.7 Å². The van der Waals surface area contributed by atoms with Crippen LogP contribution >= 0.6 is 0 Å². The maximum atomic E-state index is 14.1. The van der Waals surface area contributed by atoms with Crippen molar-refractivity contribution in [2.45, 2.75) is 149 Å². The van der Waals surface area contributed by atoms with Crippen LogP contribution in [-0.4, -0.2) is 112 Å². The van der Waals surface area contributed by atoms with E-state index in [9.17, 15) is 41.5 Å². The van der Waals surface area contributed by atoms with E-state index in [0.717, 1.165) is 48.2 Å². The zero-order valence-electron chi connectivity index (χ0n) is 45.2. The van der Waals surface area contributed by atoms with E-state index >= 15 is 0 Å². The van der Waals surface area contributed by atoms with Crippen molar-refractivity contribution in [2.75, 3.05) is 19.6 Å². The molecule has 3 heterocycles. The number of hydrogen-bond donors (Lipinski definition) is 2. The van der Waals surface area contributed by atoms with E-state index in [-0.39, 0.29) is 61.1 Å². The lowest BCUT2D eigenvalue weighted by Crippen LogP contribution is -2.58. The molecule has 15 nitrogen and oxygen atoms in total. The van der Waals surface area contributed by atoms with Gasteiger partial charge in [0.05, 0.1) is 24.7 Å². The maximum Gasteiger partial charge on any atom is 0.410 e. The Bertz CT molecular complexity index is 2720. The summed E-state index contributed by atoms with van der Waals surface area (Å²) >= 11 is 0. The van der Waals surface area contributed by atoms with Gasteiger partial charge in [0.25, 0.3) is 0 Å². The summed E-state index contributed by atoms with van der Waals surface area (Å²) in [7, 11) is 0. The van der Waals surface area contributed by atoms with Gasteiger partial charge in [0.15, 0.2) is 23.3 Å². The molecule has 2 N–H and O–H groups in total. The van der Waals surface area contributed by atoms with E-state index in [1.165, 1.54) is 17.0 Å². The maximum absolute atomic E-state index is 14.1. The summed E-state index contributed by atoms with van der Waals surface area (Å²) in [5.74, 6) is -3.98. The van der Waals surface area contributed by atoms with Gasteiger partial charge >= 0.3 is 18.3 Å². The number of hydrogen-bond acceptors (Lipinski definition) is 10. The van der Waals surface area contributed by atoms with Crippen LogP contribution in [0.1, 0.15) is 99.1 Å². The molecule has 19 heteroatoms. The Morgan fingerprint density at radius 1 is 0.545 bits per heavy atom. The van der Waals surface area contributed by atoms with E-state index in [4.69, 9.17) is 23.7 Å². The Hall–Kier alpha value is -7.05. The number of nitrogens with zero attached hydrogens (tertiary/aromatic N) is 3. The first kappa shape index (κ1) is 57.7. The third-order valence-electron chi connectivity index (χ3n) is 14.1. The fraction of sp³-hybridized carbons (Fsp3) is 0.500. The lowest BCUT2D eigenvalue weighted by atomic mass is 9.85. The van der Waals surface area contributed by atoms with Crippen molar-refractivity contribution >= 4 is 30.1 Å². The molecule has 8 atom stereocenters. The normalized spacial score (nSPS) is 21.6. The predicted molar refractivity (Wildman–Crippen MR) is 277 cm³/mol. The van der Waals surface area contributed by atoms with E-state index < -0.39 is 88.3 Å². The first-order valence-electron chi connectivity index (χ1n) is 26.1. The van der Waals surface area contributed by atoms with E-state index in [0.29, 0.717) is 25.9 Å². The summed E-state index contributed by atoms with van der Waals surface area (Å²) in [6.07, 6.45) is -0.158. The highest BCUT2D eigenvalue weighted by molar-refractivity contribution is 5.88. The van der Waals surface area contributed by atoms with Crippen LogP contribution in [0.2, 0.25) is 0 Å². The fourth-order valence-electron chi connectivity index (χ4n) is 10.4. The first-order valence-corrected chi connectivity index (χ1v) is 26.1. The number of rotatable bonds is 12. The minimum absolute atomic E-state index is 0.0428. The van der Waals surface area contributed by atoms with Crippen molar-refractivity contribution in [1.82, 2.24) is 25.3 Å². The molecule has 5 amide bonds. The van der Waals surface area contributed by atoms with E-state index in [1.807, 2.05) is 102 Å². The monoisotopic (exact) mass is 1070 g/mol. The lowest BCUT2D eigenvalue weighted by molar-refractivity contribution is -0.139. The van der Waals surface area contributed by atoms with Crippen LogP contribution in [0.15, 0.2) is 97.1 Å². The fourth-order valence-corrected chi connectivity index (χ4v) is 10.4. The molecular weight excluding hydrogens is 1000 g/mol. The van der Waals surface area contributed by atoms with Crippen LogP contribution in [0.5, 0.6) is 11.5 Å². The first-order chi connectivity index (χ1) is 36.3. The van der Waals surface area contributed by atoms with Gasteiger partial charge in [0, 0.05) is 25.2 Å². The minimum atomic E-state index is -1.07. The summed E-state index contributed by atoms with van der Waals surface area (Å²) in [6.45, 7) is 17.5. The standard InChI is InChI=1S/C31H39F2N3O6.C27H32F2N2O4/c1-30(2,3)26(34-28(38)40-18-19-10-8-7-9-11-19)27(37)35-15-14-23-25(35)24(17-36(23)29(39)42-31(4,5)6)41-20-12-13-21(32)22(33)16-20;1-27(2,3)24(30-26(33)34-16-17-7-5-4-6-8-17)25(32)31-14-13-18-9-12-22(23(18)31)35-19-10-11-20(28)21(29)15-19/h7-13,16,23-26H,14-15,17-18H2,1-6H3,(H,34,38);4-8,10-11,15,18,22-24H,9,12-14,16H2,1-3H3,(H,30,33)/t23-,24+,25+,26-;18-,22+,23+,24-/m11/s1. The highest BCUT2D eigenvalue weighted by Crippen LogP contribution is 2.42. The molecule has 0 bridgehead atoms. The second-order valence-electron chi connectivity index (χ2n) is 23.1. The van der Waals surface area contributed by atoms with Crippen molar-refractivity contribution in [3.63, 3.8) is 0 Å². The second-order valence-corrected chi connectivity index (χ2v) is 23.1. The zero-order chi connectivity index (χ0) is 56.0. The zero-order valence-corrected chi connectivity index (χ0v) is 45.2. The SMILES string of the molecule is CC(C)(C)OC(=O)N1C[C@H](Oc2ccc(F)c(F)c2)[C@@H]2[C@H]1CCN2C(=O)[C@@H](NC(=O)OCc1ccccc1)C(C)(C)C.CC(C)(C)[C@H](NC(=O)OCc1ccccc1)C(=O)N1CC[C@H]2CC[C@H](Oc3ccc(F)c(F)c3)[C@H]21. The Kier molecular flexibility index (Phi) is 18.0. The van der Waals surface area contributed by atoms with E-state index in [2.05, 4.69) is 10.6 Å². The smallest absolute Gasteiger partial charge is 0.410 e. The lowest BCUT2D eigenvalue weighted by Gasteiger charge is -2.37. The van der Waals surface area contributed by atoms with Crippen LogP contribution in [0.3, 0.4) is 0 Å². The molecule has 77 heavy (non-hydrogen) atoms. The Balaban J connectivity index is 0.000000227. The van der Waals surface area contributed by atoms with Gasteiger partial charge in [0.1, 0.15) is 54.6 Å². The average molecular weight is 1070 g/mol. The van der Waals surface area contributed by atoms with Crippen LogP contribution < -0.4 is 20.1 Å². The molecule has 3 saturated heterocycles. The summed E-state index contributed by atoms with van der Waals surface area (Å²) < 4.78 is 83.1. The molecule has 1 saturated carbocycles. The third-order valence-corrected chi connectivity index (χ3v) is 14.1. The molecule has 3 aliphatic heterocycles. The molecular formula is C58H71F4N5O10. The summed E-state index contributed by atoms with van der Waals surface area (Å²) in [4.78, 5) is 71.3. The number of carbonyl (C=O) groups excluding carboxylic acids is 5. The average Bonchev–Trinajstić information content (AvgIpc) is 4.19. The summed E-state index contributed by atoms with van der Waals surface area (Å²) in [6, 6.07) is 22.2. The number of halogens is 4. The largest absolute Gasteiger partial charge is 0.488 e.